The van der Waals surface area contributed by atoms with E-state index < -0.39 is 0 Å². The average Bonchev–Trinajstić information content (AvgIpc) is 2.85. The molecule has 14 heavy (non-hydrogen) atoms. The summed E-state index contributed by atoms with van der Waals surface area (Å²) in [6.07, 6.45) is 13.0. The van der Waals surface area contributed by atoms with E-state index in [1.54, 1.807) is 12.8 Å². The first-order valence-electron chi connectivity index (χ1n) is 6.54. The molecule has 3 aliphatic carbocycles. The zero-order valence-corrected chi connectivity index (χ0v) is 9.17. The van der Waals surface area contributed by atoms with E-state index in [0.29, 0.717) is 5.54 Å². The lowest BCUT2D eigenvalue weighted by atomic mass is 9.85. The smallest absolute Gasteiger partial charge is 0.0155 e. The van der Waals surface area contributed by atoms with Crippen molar-refractivity contribution >= 4 is 0 Å². The molecule has 0 aromatic rings. The van der Waals surface area contributed by atoms with Gasteiger partial charge >= 0.3 is 0 Å². The van der Waals surface area contributed by atoms with Gasteiger partial charge in [-0.25, -0.2) is 0 Å². The summed E-state index contributed by atoms with van der Waals surface area (Å²) in [5, 5.41) is 0. The summed E-state index contributed by atoms with van der Waals surface area (Å²) in [7, 11) is 0. The fourth-order valence-corrected chi connectivity index (χ4v) is 3.83. The predicted molar refractivity (Wildman–Crippen MR) is 58.9 cm³/mol. The van der Waals surface area contributed by atoms with Crippen molar-refractivity contribution in [1.29, 1.82) is 0 Å². The molecule has 0 aromatic carbocycles. The zero-order chi connectivity index (χ0) is 9.60. The van der Waals surface area contributed by atoms with Gasteiger partial charge < -0.3 is 5.73 Å². The highest BCUT2D eigenvalue weighted by molar-refractivity contribution is 4.99. The lowest BCUT2D eigenvalue weighted by molar-refractivity contribution is 0.305. The van der Waals surface area contributed by atoms with Crippen LogP contribution in [0.25, 0.3) is 0 Å². The third-order valence-electron chi connectivity index (χ3n) is 5.03. The first kappa shape index (κ1) is 9.21. The lowest BCUT2D eigenvalue weighted by Gasteiger charge is -2.21. The van der Waals surface area contributed by atoms with Gasteiger partial charge in [-0.05, 0) is 56.3 Å². The maximum atomic E-state index is 6.16. The van der Waals surface area contributed by atoms with E-state index in [0.717, 1.165) is 17.8 Å². The molecule has 0 heterocycles. The SMILES string of the molecule is NC1(CCC2CC3CCCC2C3)CC1. The van der Waals surface area contributed by atoms with Crippen LogP contribution in [-0.4, -0.2) is 5.54 Å². The molecule has 3 saturated carbocycles. The molecule has 80 valence electrons. The van der Waals surface area contributed by atoms with Crippen LogP contribution in [0.4, 0.5) is 0 Å². The molecule has 3 fully saturated rings. The van der Waals surface area contributed by atoms with Crippen LogP contribution in [0.1, 0.15) is 57.8 Å². The van der Waals surface area contributed by atoms with E-state index >= 15 is 0 Å². The molecule has 3 rings (SSSR count). The highest BCUT2D eigenvalue weighted by Crippen LogP contribution is 2.49. The summed E-state index contributed by atoms with van der Waals surface area (Å²) in [5.74, 6) is 3.26. The first-order valence-corrected chi connectivity index (χ1v) is 6.54. The minimum absolute atomic E-state index is 0.302. The minimum Gasteiger partial charge on any atom is -0.325 e. The van der Waals surface area contributed by atoms with Gasteiger partial charge in [-0.15, -0.1) is 0 Å². The lowest BCUT2D eigenvalue weighted by Crippen LogP contribution is -2.23. The summed E-state index contributed by atoms with van der Waals surface area (Å²) in [6.45, 7) is 0. The second-order valence-electron chi connectivity index (χ2n) is 6.19. The van der Waals surface area contributed by atoms with Gasteiger partial charge in [-0.3, -0.25) is 0 Å². The van der Waals surface area contributed by atoms with Gasteiger partial charge in [-0.2, -0.15) is 0 Å². The van der Waals surface area contributed by atoms with Crippen LogP contribution in [0.3, 0.4) is 0 Å². The quantitative estimate of drug-likeness (QED) is 0.732. The Kier molecular flexibility index (Phi) is 2.12. The number of fused-ring (bicyclic) bond motifs is 2. The van der Waals surface area contributed by atoms with Crippen molar-refractivity contribution in [3.05, 3.63) is 0 Å². The van der Waals surface area contributed by atoms with Crippen LogP contribution in [0, 0.1) is 17.8 Å². The molecule has 0 spiro atoms. The average molecular weight is 193 g/mol. The number of nitrogens with two attached hydrogens (primary N) is 1. The summed E-state index contributed by atoms with van der Waals surface area (Å²) < 4.78 is 0. The highest BCUT2D eigenvalue weighted by atomic mass is 14.8. The molecule has 2 N–H and O–H groups in total. The number of hydrogen-bond donors (Lipinski definition) is 1. The Morgan fingerprint density at radius 2 is 2.00 bits per heavy atom. The van der Waals surface area contributed by atoms with Crippen LogP contribution in [0.2, 0.25) is 0 Å². The maximum absolute atomic E-state index is 6.16. The fourth-order valence-electron chi connectivity index (χ4n) is 3.83. The predicted octanol–water partition coefficient (Wildman–Crippen LogP) is 3.08. The van der Waals surface area contributed by atoms with Gasteiger partial charge in [0.15, 0.2) is 0 Å². The molecule has 3 aliphatic rings. The normalized spacial score (nSPS) is 43.9. The zero-order valence-electron chi connectivity index (χ0n) is 9.17. The Bertz CT molecular complexity index is 219. The molecular formula is C13H23N. The molecule has 2 bridgehead atoms. The van der Waals surface area contributed by atoms with Gasteiger partial charge in [0, 0.05) is 5.54 Å². The first-order chi connectivity index (χ1) is 6.75. The monoisotopic (exact) mass is 193 g/mol. The molecule has 3 atom stereocenters. The molecule has 0 saturated heterocycles. The molecule has 1 heteroatoms. The molecule has 1 nitrogen and oxygen atoms in total. The van der Waals surface area contributed by atoms with Crippen molar-refractivity contribution in [2.45, 2.75) is 63.3 Å². The van der Waals surface area contributed by atoms with Crippen molar-refractivity contribution in [2.75, 3.05) is 0 Å². The number of rotatable bonds is 3. The third kappa shape index (κ3) is 1.71. The second kappa shape index (κ2) is 3.23. The van der Waals surface area contributed by atoms with Gasteiger partial charge in [0.1, 0.15) is 0 Å². The molecule has 0 amide bonds. The Balaban J connectivity index is 1.53. The van der Waals surface area contributed by atoms with Crippen LogP contribution in [0.5, 0.6) is 0 Å². The molecule has 3 unspecified atom stereocenters. The molecule has 0 radical (unpaired) electrons. The third-order valence-corrected chi connectivity index (χ3v) is 5.03. The molecule has 0 aromatic heterocycles. The summed E-state index contributed by atoms with van der Waals surface area (Å²) in [5.41, 5.74) is 6.46. The van der Waals surface area contributed by atoms with Crippen LogP contribution >= 0.6 is 0 Å². The molecule has 0 aliphatic heterocycles. The standard InChI is InChI=1S/C13H23N/c14-13(6-7-13)5-4-12-9-10-2-1-3-11(12)8-10/h10-12H,1-9,14H2. The van der Waals surface area contributed by atoms with Gasteiger partial charge in [0.25, 0.3) is 0 Å². The van der Waals surface area contributed by atoms with Crippen LogP contribution in [0.15, 0.2) is 0 Å². The van der Waals surface area contributed by atoms with E-state index in [4.69, 9.17) is 5.73 Å². The Morgan fingerprint density at radius 1 is 1.14 bits per heavy atom. The maximum Gasteiger partial charge on any atom is 0.0155 e. The summed E-state index contributed by atoms with van der Waals surface area (Å²) in [4.78, 5) is 0. The van der Waals surface area contributed by atoms with E-state index in [-0.39, 0.29) is 0 Å². The van der Waals surface area contributed by atoms with E-state index in [1.807, 2.05) is 0 Å². The Morgan fingerprint density at radius 3 is 2.71 bits per heavy atom. The largest absolute Gasteiger partial charge is 0.325 e. The van der Waals surface area contributed by atoms with Crippen molar-refractivity contribution in [1.82, 2.24) is 0 Å². The van der Waals surface area contributed by atoms with Gasteiger partial charge in [-0.1, -0.05) is 19.3 Å². The van der Waals surface area contributed by atoms with Crippen LogP contribution in [-0.2, 0) is 0 Å². The topological polar surface area (TPSA) is 26.0 Å². The van der Waals surface area contributed by atoms with E-state index in [1.165, 1.54) is 44.9 Å². The van der Waals surface area contributed by atoms with Crippen LogP contribution < -0.4 is 5.73 Å². The Hall–Kier alpha value is -0.0400. The van der Waals surface area contributed by atoms with Gasteiger partial charge in [0.2, 0.25) is 0 Å². The van der Waals surface area contributed by atoms with Crippen molar-refractivity contribution < 1.29 is 0 Å². The number of hydrogen-bond acceptors (Lipinski definition) is 1. The summed E-state index contributed by atoms with van der Waals surface area (Å²) in [6, 6.07) is 0. The van der Waals surface area contributed by atoms with E-state index in [9.17, 15) is 0 Å². The minimum atomic E-state index is 0.302. The van der Waals surface area contributed by atoms with Crippen molar-refractivity contribution in [3.63, 3.8) is 0 Å². The fraction of sp³-hybridized carbons (Fsp3) is 1.00. The Labute approximate surface area is 87.4 Å². The van der Waals surface area contributed by atoms with Crippen molar-refractivity contribution in [3.8, 4) is 0 Å². The molecular weight excluding hydrogens is 170 g/mol. The highest BCUT2D eigenvalue weighted by Gasteiger charge is 2.41. The second-order valence-corrected chi connectivity index (χ2v) is 6.19. The van der Waals surface area contributed by atoms with Gasteiger partial charge in [0.05, 0.1) is 0 Å². The summed E-state index contributed by atoms with van der Waals surface area (Å²) >= 11 is 0. The van der Waals surface area contributed by atoms with Crippen molar-refractivity contribution in [2.24, 2.45) is 23.5 Å². The van der Waals surface area contributed by atoms with E-state index in [2.05, 4.69) is 0 Å².